The van der Waals surface area contributed by atoms with E-state index >= 15 is 0 Å². The van der Waals surface area contributed by atoms with Crippen LogP contribution in [0.5, 0.6) is 0 Å². The minimum absolute atomic E-state index is 0.0988. The van der Waals surface area contributed by atoms with Gasteiger partial charge in [-0.15, -0.1) is 0 Å². The van der Waals surface area contributed by atoms with Crippen molar-refractivity contribution in [2.45, 2.75) is 32.9 Å². The van der Waals surface area contributed by atoms with E-state index in [4.69, 9.17) is 9.15 Å². The van der Waals surface area contributed by atoms with Gasteiger partial charge in [0.1, 0.15) is 5.60 Å². The summed E-state index contributed by atoms with van der Waals surface area (Å²) in [4.78, 5) is 51.9. The Morgan fingerprint density at radius 3 is 2.00 bits per heavy atom. The van der Waals surface area contributed by atoms with Crippen LogP contribution in [0.4, 0.5) is 16.2 Å². The lowest BCUT2D eigenvalue weighted by Gasteiger charge is -2.20. The maximum Gasteiger partial charge on any atom is 0.412 e. The summed E-state index contributed by atoms with van der Waals surface area (Å²) in [7, 11) is 0. The molecule has 0 bridgehead atoms. The van der Waals surface area contributed by atoms with Crippen molar-refractivity contribution in [3.8, 4) is 11.3 Å². The molecule has 1 aliphatic heterocycles. The number of nitrogens with one attached hydrogen (secondary N) is 2. The Kier molecular flexibility index (Phi) is 6.96. The number of carbonyl (C=O) groups is 4. The molecule has 202 valence electrons. The summed E-state index contributed by atoms with van der Waals surface area (Å²) < 4.78 is 11.0. The van der Waals surface area contributed by atoms with Crippen LogP contribution < -0.4 is 10.6 Å². The molecule has 0 radical (unpaired) electrons. The molecule has 2 heterocycles. The zero-order valence-electron chi connectivity index (χ0n) is 22.2. The van der Waals surface area contributed by atoms with Gasteiger partial charge in [0.2, 0.25) is 0 Å². The molecular weight excluding hydrogens is 510 g/mol. The van der Waals surface area contributed by atoms with Crippen molar-refractivity contribution in [3.05, 3.63) is 107 Å². The summed E-state index contributed by atoms with van der Waals surface area (Å²) in [5, 5.41) is 5.58. The third kappa shape index (κ3) is 5.49. The number of para-hydroxylation sites is 1. The number of benzene rings is 3. The van der Waals surface area contributed by atoms with Gasteiger partial charge in [0.15, 0.2) is 5.76 Å². The highest BCUT2D eigenvalue weighted by Crippen LogP contribution is 2.35. The molecule has 9 heteroatoms. The molecule has 0 saturated carbocycles. The molecule has 1 aromatic heterocycles. The number of nitrogens with zero attached hydrogens (tertiary/aromatic N) is 1. The summed E-state index contributed by atoms with van der Waals surface area (Å²) in [6.45, 7) is 5.42. The first-order valence-corrected chi connectivity index (χ1v) is 12.6. The molecule has 9 nitrogen and oxygen atoms in total. The lowest BCUT2D eigenvalue weighted by atomic mass is 10.1. The second-order valence-corrected chi connectivity index (χ2v) is 10.2. The SMILES string of the molecule is CC(C)(C)OC(=O)Nc1ccccc1-c1occc1NC(=O)c1ccc(CN2C(=O)c3ccccc3C2=O)cc1. The summed E-state index contributed by atoms with van der Waals surface area (Å²) in [5.41, 5.74) is 2.63. The number of imide groups is 1. The smallest absolute Gasteiger partial charge is 0.412 e. The number of carbonyl (C=O) groups excluding carboxylic acids is 4. The van der Waals surface area contributed by atoms with Gasteiger partial charge in [-0.1, -0.05) is 36.4 Å². The van der Waals surface area contributed by atoms with Crippen LogP contribution in [0.25, 0.3) is 11.3 Å². The maximum atomic E-state index is 13.1. The Morgan fingerprint density at radius 1 is 0.775 bits per heavy atom. The quantitative estimate of drug-likeness (QED) is 0.277. The summed E-state index contributed by atoms with van der Waals surface area (Å²) in [6, 6.07) is 22.0. The maximum absolute atomic E-state index is 13.1. The molecule has 0 spiro atoms. The van der Waals surface area contributed by atoms with E-state index in [2.05, 4.69) is 10.6 Å². The van der Waals surface area contributed by atoms with Crippen molar-refractivity contribution in [2.24, 2.45) is 0 Å². The molecule has 1 aliphatic rings. The van der Waals surface area contributed by atoms with Gasteiger partial charge in [-0.3, -0.25) is 24.6 Å². The predicted molar refractivity (Wildman–Crippen MR) is 149 cm³/mol. The number of amides is 4. The van der Waals surface area contributed by atoms with E-state index in [1.807, 2.05) is 0 Å². The number of hydrogen-bond acceptors (Lipinski definition) is 6. The standard InChI is InChI=1S/C31H27N3O6/c1-31(2,3)40-30(38)33-24-11-7-6-10-23(24)26-25(16-17-39-26)32-27(35)20-14-12-19(13-15-20)18-34-28(36)21-8-4-5-9-22(21)29(34)37/h4-17H,18H2,1-3H3,(H,32,35)(H,33,38). The van der Waals surface area contributed by atoms with E-state index in [0.717, 1.165) is 0 Å². The van der Waals surface area contributed by atoms with Gasteiger partial charge in [0.25, 0.3) is 17.7 Å². The van der Waals surface area contributed by atoms with Gasteiger partial charge in [0, 0.05) is 17.2 Å². The van der Waals surface area contributed by atoms with Crippen molar-refractivity contribution in [3.63, 3.8) is 0 Å². The predicted octanol–water partition coefficient (Wildman–Crippen LogP) is 6.34. The molecular formula is C31H27N3O6. The number of furan rings is 1. The van der Waals surface area contributed by atoms with Gasteiger partial charge in [-0.25, -0.2) is 4.79 Å². The average Bonchev–Trinajstić information content (AvgIpc) is 3.47. The van der Waals surface area contributed by atoms with Crippen molar-refractivity contribution in [1.82, 2.24) is 4.90 Å². The van der Waals surface area contributed by atoms with Gasteiger partial charge < -0.3 is 14.5 Å². The largest absolute Gasteiger partial charge is 0.462 e. The number of fused-ring (bicyclic) bond motifs is 1. The van der Waals surface area contributed by atoms with Crippen molar-refractivity contribution in [2.75, 3.05) is 10.6 Å². The van der Waals surface area contributed by atoms with Crippen LogP contribution in [-0.2, 0) is 11.3 Å². The van der Waals surface area contributed by atoms with Crippen LogP contribution >= 0.6 is 0 Å². The zero-order valence-corrected chi connectivity index (χ0v) is 22.2. The molecule has 5 rings (SSSR count). The molecule has 3 aromatic carbocycles. The zero-order chi connectivity index (χ0) is 28.4. The lowest BCUT2D eigenvalue weighted by Crippen LogP contribution is -2.29. The molecule has 4 aromatic rings. The van der Waals surface area contributed by atoms with Gasteiger partial charge in [0.05, 0.1) is 35.3 Å². The third-order valence-electron chi connectivity index (χ3n) is 6.16. The summed E-state index contributed by atoms with van der Waals surface area (Å²) >= 11 is 0. The van der Waals surface area contributed by atoms with Gasteiger partial charge in [-0.05, 0) is 62.7 Å². The average molecular weight is 538 g/mol. The van der Waals surface area contributed by atoms with E-state index in [9.17, 15) is 19.2 Å². The van der Waals surface area contributed by atoms with Crippen LogP contribution in [-0.4, -0.2) is 34.3 Å². The van der Waals surface area contributed by atoms with E-state index in [0.29, 0.717) is 45.0 Å². The topological polar surface area (TPSA) is 118 Å². The third-order valence-corrected chi connectivity index (χ3v) is 6.16. The molecule has 40 heavy (non-hydrogen) atoms. The fourth-order valence-corrected chi connectivity index (χ4v) is 4.34. The second-order valence-electron chi connectivity index (χ2n) is 10.2. The minimum atomic E-state index is -0.664. The van der Waals surface area contributed by atoms with Gasteiger partial charge in [-0.2, -0.15) is 0 Å². The van der Waals surface area contributed by atoms with E-state index in [1.165, 1.54) is 11.2 Å². The first kappa shape index (κ1) is 26.4. The minimum Gasteiger partial charge on any atom is -0.462 e. The Balaban J connectivity index is 1.28. The van der Waals surface area contributed by atoms with Crippen LogP contribution in [0.15, 0.2) is 89.5 Å². The highest BCUT2D eigenvalue weighted by molar-refractivity contribution is 6.21. The Morgan fingerprint density at radius 2 is 1.38 bits per heavy atom. The molecule has 0 aliphatic carbocycles. The first-order valence-electron chi connectivity index (χ1n) is 12.6. The molecule has 0 saturated heterocycles. The molecule has 0 unspecified atom stereocenters. The highest BCUT2D eigenvalue weighted by Gasteiger charge is 2.35. The fraction of sp³-hybridized carbons (Fsp3) is 0.161. The summed E-state index contributed by atoms with van der Waals surface area (Å²) in [5.74, 6) is -0.692. The van der Waals surface area contributed by atoms with E-state index in [1.54, 1.807) is 99.6 Å². The van der Waals surface area contributed by atoms with Crippen LogP contribution in [0.1, 0.15) is 57.4 Å². The number of hydrogen-bond donors (Lipinski definition) is 2. The van der Waals surface area contributed by atoms with E-state index < -0.39 is 11.7 Å². The molecule has 0 fully saturated rings. The molecule has 0 atom stereocenters. The van der Waals surface area contributed by atoms with Crippen LogP contribution in [0, 0.1) is 0 Å². The van der Waals surface area contributed by atoms with Crippen LogP contribution in [0.2, 0.25) is 0 Å². The number of ether oxygens (including phenoxy) is 1. The number of anilines is 2. The molecule has 2 N–H and O–H groups in total. The van der Waals surface area contributed by atoms with E-state index in [-0.39, 0.29) is 24.3 Å². The summed E-state index contributed by atoms with van der Waals surface area (Å²) in [6.07, 6.45) is 0.832. The Bertz CT molecular complexity index is 1580. The van der Waals surface area contributed by atoms with Gasteiger partial charge >= 0.3 is 6.09 Å². The second kappa shape index (κ2) is 10.5. The normalized spacial score (nSPS) is 12.7. The number of rotatable bonds is 6. The fourth-order valence-electron chi connectivity index (χ4n) is 4.34. The Labute approximate surface area is 230 Å². The van der Waals surface area contributed by atoms with Crippen molar-refractivity contribution < 1.29 is 28.3 Å². The Hall–Kier alpha value is -5.18. The molecule has 4 amide bonds. The van der Waals surface area contributed by atoms with Crippen molar-refractivity contribution in [1.29, 1.82) is 0 Å². The monoisotopic (exact) mass is 537 g/mol. The lowest BCUT2D eigenvalue weighted by molar-refractivity contribution is 0.0625. The van der Waals surface area contributed by atoms with Crippen LogP contribution in [0.3, 0.4) is 0 Å². The van der Waals surface area contributed by atoms with Crippen molar-refractivity contribution >= 4 is 35.2 Å². The highest BCUT2D eigenvalue weighted by atomic mass is 16.6. The first-order chi connectivity index (χ1) is 19.1.